The van der Waals surface area contributed by atoms with Crippen molar-refractivity contribution in [3.05, 3.63) is 63.6 Å². The number of benzene rings is 2. The third-order valence-electron chi connectivity index (χ3n) is 3.94. The average Bonchev–Trinajstić information content (AvgIpc) is 2.50. The van der Waals surface area contributed by atoms with Crippen molar-refractivity contribution in [1.29, 1.82) is 0 Å². The zero-order valence-electron chi connectivity index (χ0n) is 14.2. The normalized spacial score (nSPS) is 12.3. The predicted octanol–water partition coefficient (Wildman–Crippen LogP) is 5.70. The summed E-state index contributed by atoms with van der Waals surface area (Å²) < 4.78 is 1.05. The molecule has 2 nitrogen and oxygen atoms in total. The Labute approximate surface area is 147 Å². The van der Waals surface area contributed by atoms with Crippen LogP contribution in [0, 0.1) is 12.8 Å². The standard InChI is InChI=1S/C20H24BrNO/c1-13(2)11-16-5-7-17(8-6-16)15(4)20(23)22-18-9-10-19(21)14(3)12-18/h5-10,12-13,15H,11H2,1-4H3,(H,22,23)/t15-/m0/s1. The summed E-state index contributed by atoms with van der Waals surface area (Å²) in [7, 11) is 0. The maximum atomic E-state index is 12.4. The fourth-order valence-corrected chi connectivity index (χ4v) is 2.78. The number of carbonyl (C=O) groups is 1. The van der Waals surface area contributed by atoms with Gasteiger partial charge in [0, 0.05) is 10.2 Å². The monoisotopic (exact) mass is 373 g/mol. The number of rotatable bonds is 5. The van der Waals surface area contributed by atoms with Gasteiger partial charge < -0.3 is 5.32 Å². The van der Waals surface area contributed by atoms with Gasteiger partial charge in [-0.25, -0.2) is 0 Å². The second kappa shape index (κ2) is 7.78. The number of anilines is 1. The predicted molar refractivity (Wildman–Crippen MR) is 101 cm³/mol. The van der Waals surface area contributed by atoms with Crippen molar-refractivity contribution in [3.8, 4) is 0 Å². The van der Waals surface area contributed by atoms with E-state index in [0.29, 0.717) is 5.92 Å². The minimum Gasteiger partial charge on any atom is -0.326 e. The highest BCUT2D eigenvalue weighted by Crippen LogP contribution is 2.23. The second-order valence-electron chi connectivity index (χ2n) is 6.51. The van der Waals surface area contributed by atoms with Crippen molar-refractivity contribution in [1.82, 2.24) is 0 Å². The number of nitrogens with one attached hydrogen (secondary N) is 1. The molecule has 1 atom stereocenters. The molecule has 3 heteroatoms. The zero-order valence-corrected chi connectivity index (χ0v) is 15.8. The van der Waals surface area contributed by atoms with Crippen molar-refractivity contribution in [2.24, 2.45) is 5.92 Å². The lowest BCUT2D eigenvalue weighted by Gasteiger charge is -2.14. The molecule has 0 bridgehead atoms. The number of carbonyl (C=O) groups excluding carboxylic acids is 1. The van der Waals surface area contributed by atoms with Gasteiger partial charge in [-0.15, -0.1) is 0 Å². The van der Waals surface area contributed by atoms with E-state index in [1.807, 2.05) is 32.0 Å². The Kier molecular flexibility index (Phi) is 6.00. The van der Waals surface area contributed by atoms with Crippen LogP contribution in [0.1, 0.15) is 43.4 Å². The first-order valence-electron chi connectivity index (χ1n) is 8.02. The van der Waals surface area contributed by atoms with E-state index in [0.717, 1.165) is 27.7 Å². The summed E-state index contributed by atoms with van der Waals surface area (Å²) in [4.78, 5) is 12.4. The lowest BCUT2D eigenvalue weighted by Crippen LogP contribution is -2.19. The van der Waals surface area contributed by atoms with Crippen LogP contribution in [-0.4, -0.2) is 5.91 Å². The summed E-state index contributed by atoms with van der Waals surface area (Å²) in [5.41, 5.74) is 4.30. The molecule has 0 fully saturated rings. The van der Waals surface area contributed by atoms with E-state index in [9.17, 15) is 4.79 Å². The number of halogens is 1. The van der Waals surface area contributed by atoms with Gasteiger partial charge >= 0.3 is 0 Å². The molecule has 0 saturated carbocycles. The molecule has 0 aliphatic heterocycles. The lowest BCUT2D eigenvalue weighted by atomic mass is 9.96. The Balaban J connectivity index is 2.05. The Morgan fingerprint density at radius 1 is 1.09 bits per heavy atom. The first-order valence-corrected chi connectivity index (χ1v) is 8.82. The molecule has 2 rings (SSSR count). The van der Waals surface area contributed by atoms with E-state index in [-0.39, 0.29) is 11.8 Å². The van der Waals surface area contributed by atoms with Crippen LogP contribution in [0.5, 0.6) is 0 Å². The Morgan fingerprint density at radius 3 is 2.30 bits per heavy atom. The molecule has 1 N–H and O–H groups in total. The van der Waals surface area contributed by atoms with Gasteiger partial charge in [-0.1, -0.05) is 54.0 Å². The van der Waals surface area contributed by atoms with Gasteiger partial charge in [-0.05, 0) is 61.1 Å². The van der Waals surface area contributed by atoms with Gasteiger partial charge in [0.25, 0.3) is 0 Å². The molecule has 0 radical (unpaired) electrons. The summed E-state index contributed by atoms with van der Waals surface area (Å²) in [5, 5.41) is 3.00. The smallest absolute Gasteiger partial charge is 0.231 e. The molecular formula is C20H24BrNO. The van der Waals surface area contributed by atoms with Crippen LogP contribution in [-0.2, 0) is 11.2 Å². The third kappa shape index (κ3) is 4.93. The van der Waals surface area contributed by atoms with Crippen molar-refractivity contribution in [2.45, 2.75) is 40.0 Å². The molecule has 0 heterocycles. The highest BCUT2D eigenvalue weighted by Gasteiger charge is 2.15. The Bertz CT molecular complexity index is 677. The first kappa shape index (κ1) is 17.7. The molecule has 2 aromatic rings. The van der Waals surface area contributed by atoms with Crippen LogP contribution >= 0.6 is 15.9 Å². The number of aryl methyl sites for hydroxylation is 1. The van der Waals surface area contributed by atoms with Gasteiger partial charge in [0.15, 0.2) is 0 Å². The fraction of sp³-hybridized carbons (Fsp3) is 0.350. The van der Waals surface area contributed by atoms with Crippen molar-refractivity contribution in [2.75, 3.05) is 5.32 Å². The summed E-state index contributed by atoms with van der Waals surface area (Å²) in [6, 6.07) is 14.2. The number of amides is 1. The summed E-state index contributed by atoms with van der Waals surface area (Å²) in [6.07, 6.45) is 1.07. The highest BCUT2D eigenvalue weighted by atomic mass is 79.9. The van der Waals surface area contributed by atoms with Crippen LogP contribution in [0.25, 0.3) is 0 Å². The molecule has 1 amide bonds. The zero-order chi connectivity index (χ0) is 17.0. The van der Waals surface area contributed by atoms with Gasteiger partial charge in [0.1, 0.15) is 0 Å². The molecule has 0 spiro atoms. The molecule has 0 aliphatic carbocycles. The van der Waals surface area contributed by atoms with Gasteiger partial charge in [-0.3, -0.25) is 4.79 Å². The minimum absolute atomic E-state index is 0.0170. The number of hydrogen-bond donors (Lipinski definition) is 1. The maximum absolute atomic E-state index is 12.4. The summed E-state index contributed by atoms with van der Waals surface area (Å²) in [5.74, 6) is 0.484. The topological polar surface area (TPSA) is 29.1 Å². The SMILES string of the molecule is Cc1cc(NC(=O)[C@@H](C)c2ccc(CC(C)C)cc2)ccc1Br. The second-order valence-corrected chi connectivity index (χ2v) is 7.37. The molecule has 2 aromatic carbocycles. The van der Waals surface area contributed by atoms with Crippen LogP contribution < -0.4 is 5.32 Å². The van der Waals surface area contributed by atoms with E-state index in [1.165, 1.54) is 5.56 Å². The molecule has 0 saturated heterocycles. The van der Waals surface area contributed by atoms with Crippen LogP contribution in [0.3, 0.4) is 0 Å². The molecule has 0 aromatic heterocycles. The largest absolute Gasteiger partial charge is 0.326 e. The average molecular weight is 374 g/mol. The summed E-state index contributed by atoms with van der Waals surface area (Å²) >= 11 is 3.47. The van der Waals surface area contributed by atoms with Gasteiger partial charge in [0.2, 0.25) is 5.91 Å². The van der Waals surface area contributed by atoms with Crippen LogP contribution in [0.2, 0.25) is 0 Å². The highest BCUT2D eigenvalue weighted by molar-refractivity contribution is 9.10. The van der Waals surface area contributed by atoms with Crippen LogP contribution in [0.15, 0.2) is 46.9 Å². The van der Waals surface area contributed by atoms with E-state index in [4.69, 9.17) is 0 Å². The van der Waals surface area contributed by atoms with Crippen molar-refractivity contribution >= 4 is 27.5 Å². The van der Waals surface area contributed by atoms with Crippen LogP contribution in [0.4, 0.5) is 5.69 Å². The molecule has 122 valence electrons. The molecule has 0 unspecified atom stereocenters. The molecule has 0 aliphatic rings. The fourth-order valence-electron chi connectivity index (χ4n) is 2.54. The molecular weight excluding hydrogens is 350 g/mol. The number of hydrogen-bond acceptors (Lipinski definition) is 1. The van der Waals surface area contributed by atoms with Crippen molar-refractivity contribution in [3.63, 3.8) is 0 Å². The molecule has 23 heavy (non-hydrogen) atoms. The van der Waals surface area contributed by atoms with Crippen molar-refractivity contribution < 1.29 is 4.79 Å². The first-order chi connectivity index (χ1) is 10.9. The van der Waals surface area contributed by atoms with Gasteiger partial charge in [0.05, 0.1) is 5.92 Å². The van der Waals surface area contributed by atoms with Gasteiger partial charge in [-0.2, -0.15) is 0 Å². The quantitative estimate of drug-likeness (QED) is 0.715. The lowest BCUT2D eigenvalue weighted by molar-refractivity contribution is -0.117. The van der Waals surface area contributed by atoms with E-state index in [2.05, 4.69) is 59.4 Å². The van der Waals surface area contributed by atoms with E-state index in [1.54, 1.807) is 0 Å². The Hall–Kier alpha value is -1.61. The summed E-state index contributed by atoms with van der Waals surface area (Å²) in [6.45, 7) is 8.38. The Morgan fingerprint density at radius 2 is 1.74 bits per heavy atom. The maximum Gasteiger partial charge on any atom is 0.231 e. The third-order valence-corrected chi connectivity index (χ3v) is 4.83. The minimum atomic E-state index is -0.174. The van der Waals surface area contributed by atoms with E-state index >= 15 is 0 Å². The van der Waals surface area contributed by atoms with E-state index < -0.39 is 0 Å².